The van der Waals surface area contributed by atoms with Crippen LogP contribution < -0.4 is 10.6 Å². The lowest BCUT2D eigenvalue weighted by Gasteiger charge is -2.25. The van der Waals surface area contributed by atoms with Crippen LogP contribution in [0.3, 0.4) is 0 Å². The van der Waals surface area contributed by atoms with E-state index >= 15 is 0 Å². The van der Waals surface area contributed by atoms with Gasteiger partial charge in [-0.25, -0.2) is 0 Å². The van der Waals surface area contributed by atoms with Gasteiger partial charge in [-0.05, 0) is 35.8 Å². The Labute approximate surface area is 108 Å². The van der Waals surface area contributed by atoms with Crippen molar-refractivity contribution in [1.29, 1.82) is 0 Å². The Morgan fingerprint density at radius 1 is 1.39 bits per heavy atom. The zero-order valence-electron chi connectivity index (χ0n) is 10.8. The Kier molecular flexibility index (Phi) is 2.86. The summed E-state index contributed by atoms with van der Waals surface area (Å²) in [6, 6.07) is 8.28. The lowest BCUT2D eigenvalue weighted by molar-refractivity contribution is -0.123. The Morgan fingerprint density at radius 3 is 2.83 bits per heavy atom. The molecule has 1 aliphatic carbocycles. The van der Waals surface area contributed by atoms with Gasteiger partial charge in [0.05, 0.1) is 6.04 Å². The first-order valence-electron chi connectivity index (χ1n) is 6.74. The minimum atomic E-state index is -0.0674. The van der Waals surface area contributed by atoms with Crippen molar-refractivity contribution in [3.8, 4) is 0 Å². The van der Waals surface area contributed by atoms with Crippen molar-refractivity contribution in [3.05, 3.63) is 35.4 Å². The van der Waals surface area contributed by atoms with Gasteiger partial charge in [0, 0.05) is 13.1 Å². The minimum absolute atomic E-state index is 0.0674. The number of carbonyl (C=O) groups excluding carboxylic acids is 1. The predicted molar refractivity (Wildman–Crippen MR) is 71.1 cm³/mol. The maximum atomic E-state index is 12.1. The quantitative estimate of drug-likeness (QED) is 0.848. The first-order chi connectivity index (χ1) is 8.66. The van der Waals surface area contributed by atoms with Crippen LogP contribution in [0.25, 0.3) is 0 Å². The van der Waals surface area contributed by atoms with Crippen LogP contribution in [0, 0.1) is 5.41 Å². The molecule has 1 heterocycles. The van der Waals surface area contributed by atoms with E-state index in [1.165, 1.54) is 24.0 Å². The molecule has 1 fully saturated rings. The van der Waals surface area contributed by atoms with Gasteiger partial charge in [0.1, 0.15) is 0 Å². The van der Waals surface area contributed by atoms with E-state index in [1.54, 1.807) is 0 Å². The lowest BCUT2D eigenvalue weighted by atomic mass is 9.95. The first-order valence-corrected chi connectivity index (χ1v) is 6.74. The molecule has 0 spiro atoms. The van der Waals surface area contributed by atoms with Crippen LogP contribution in [-0.4, -0.2) is 18.5 Å². The zero-order valence-corrected chi connectivity index (χ0v) is 10.8. The molecule has 0 saturated heterocycles. The molecule has 1 aliphatic heterocycles. The number of hydrogen-bond acceptors (Lipinski definition) is 2. The summed E-state index contributed by atoms with van der Waals surface area (Å²) in [5.41, 5.74) is 2.99. The van der Waals surface area contributed by atoms with Gasteiger partial charge in [-0.3, -0.25) is 4.79 Å². The molecule has 1 atom stereocenters. The maximum Gasteiger partial charge on any atom is 0.237 e. The predicted octanol–water partition coefficient (Wildman–Crippen LogP) is 1.62. The van der Waals surface area contributed by atoms with Gasteiger partial charge < -0.3 is 10.6 Å². The summed E-state index contributed by atoms with van der Waals surface area (Å²) in [4.78, 5) is 12.1. The van der Waals surface area contributed by atoms with E-state index in [9.17, 15) is 4.79 Å². The monoisotopic (exact) mass is 244 g/mol. The van der Waals surface area contributed by atoms with Gasteiger partial charge in [0.25, 0.3) is 0 Å². The van der Waals surface area contributed by atoms with E-state index in [0.717, 1.165) is 19.5 Å². The molecule has 0 unspecified atom stereocenters. The van der Waals surface area contributed by atoms with E-state index in [1.807, 2.05) is 6.07 Å². The molecule has 1 amide bonds. The molecule has 3 rings (SSSR count). The summed E-state index contributed by atoms with van der Waals surface area (Å²) in [6.07, 6.45) is 3.29. The summed E-state index contributed by atoms with van der Waals surface area (Å²) in [5.74, 6) is 0.151. The molecular formula is C15H20N2O. The van der Waals surface area contributed by atoms with Crippen LogP contribution in [-0.2, 0) is 17.8 Å². The van der Waals surface area contributed by atoms with Gasteiger partial charge in [0.2, 0.25) is 5.91 Å². The number of fused-ring (bicyclic) bond motifs is 1. The van der Waals surface area contributed by atoms with E-state index in [4.69, 9.17) is 0 Å². The van der Waals surface area contributed by atoms with E-state index < -0.39 is 0 Å². The third-order valence-electron chi connectivity index (χ3n) is 4.19. The first kappa shape index (κ1) is 11.7. The van der Waals surface area contributed by atoms with Crippen LogP contribution in [0.5, 0.6) is 0 Å². The summed E-state index contributed by atoms with van der Waals surface area (Å²) < 4.78 is 0. The van der Waals surface area contributed by atoms with E-state index in [0.29, 0.717) is 5.41 Å². The molecule has 3 nitrogen and oxygen atoms in total. The van der Waals surface area contributed by atoms with Gasteiger partial charge in [-0.15, -0.1) is 0 Å². The lowest BCUT2D eigenvalue weighted by Crippen LogP contribution is -2.48. The third-order valence-corrected chi connectivity index (χ3v) is 4.19. The average molecular weight is 244 g/mol. The molecule has 1 aromatic rings. The largest absolute Gasteiger partial charge is 0.354 e. The molecule has 3 heteroatoms. The number of benzene rings is 1. The van der Waals surface area contributed by atoms with Crippen LogP contribution in [0.15, 0.2) is 24.3 Å². The molecule has 1 aromatic carbocycles. The van der Waals surface area contributed by atoms with Crippen LogP contribution in [0.4, 0.5) is 0 Å². The Morgan fingerprint density at radius 2 is 2.11 bits per heavy atom. The number of amides is 1. The molecule has 2 aliphatic rings. The van der Waals surface area contributed by atoms with Crippen LogP contribution in [0.1, 0.15) is 30.9 Å². The van der Waals surface area contributed by atoms with Crippen molar-refractivity contribution in [2.45, 2.75) is 38.8 Å². The third kappa shape index (κ3) is 2.41. The van der Waals surface area contributed by atoms with E-state index in [2.05, 4.69) is 35.8 Å². The van der Waals surface area contributed by atoms with Crippen molar-refractivity contribution in [1.82, 2.24) is 10.6 Å². The van der Waals surface area contributed by atoms with E-state index in [-0.39, 0.29) is 11.9 Å². The second-order valence-corrected chi connectivity index (χ2v) is 5.93. The molecule has 1 saturated carbocycles. The Bertz CT molecular complexity index is 465. The molecule has 96 valence electrons. The summed E-state index contributed by atoms with van der Waals surface area (Å²) in [6.45, 7) is 3.86. The number of carbonyl (C=O) groups is 1. The Balaban J connectivity index is 1.59. The fraction of sp³-hybridized carbons (Fsp3) is 0.533. The molecule has 0 bridgehead atoms. The summed E-state index contributed by atoms with van der Waals surface area (Å²) in [7, 11) is 0. The second-order valence-electron chi connectivity index (χ2n) is 5.93. The highest BCUT2D eigenvalue weighted by Gasteiger charge is 2.37. The highest BCUT2D eigenvalue weighted by atomic mass is 16.2. The van der Waals surface area contributed by atoms with Gasteiger partial charge in [0.15, 0.2) is 0 Å². The number of rotatable bonds is 3. The van der Waals surface area contributed by atoms with Gasteiger partial charge >= 0.3 is 0 Å². The smallest absolute Gasteiger partial charge is 0.237 e. The standard InChI is InChI=1S/C15H20N2O/c1-15(6-7-15)10-17-14(18)13-8-11-4-2-3-5-12(11)9-16-13/h2-5,13,16H,6-10H2,1H3,(H,17,18)/t13-/m1/s1. The SMILES string of the molecule is CC1(CNC(=O)[C@H]2Cc3ccccc3CN2)CC1. The molecule has 0 aromatic heterocycles. The van der Waals surface area contributed by atoms with Gasteiger partial charge in [-0.2, -0.15) is 0 Å². The number of hydrogen-bond donors (Lipinski definition) is 2. The summed E-state index contributed by atoms with van der Waals surface area (Å²) >= 11 is 0. The zero-order chi connectivity index (χ0) is 12.6. The fourth-order valence-electron chi connectivity index (χ4n) is 2.45. The van der Waals surface area contributed by atoms with Crippen LogP contribution >= 0.6 is 0 Å². The van der Waals surface area contributed by atoms with Crippen molar-refractivity contribution >= 4 is 5.91 Å². The number of nitrogens with one attached hydrogen (secondary N) is 2. The van der Waals surface area contributed by atoms with Crippen molar-refractivity contribution in [3.63, 3.8) is 0 Å². The topological polar surface area (TPSA) is 41.1 Å². The summed E-state index contributed by atoms with van der Waals surface area (Å²) in [5, 5.41) is 6.40. The fourth-order valence-corrected chi connectivity index (χ4v) is 2.45. The highest BCUT2D eigenvalue weighted by molar-refractivity contribution is 5.82. The van der Waals surface area contributed by atoms with Crippen molar-refractivity contribution in [2.75, 3.05) is 6.54 Å². The minimum Gasteiger partial charge on any atom is -0.354 e. The molecule has 0 radical (unpaired) electrons. The second kappa shape index (κ2) is 4.39. The van der Waals surface area contributed by atoms with Crippen LogP contribution in [0.2, 0.25) is 0 Å². The highest BCUT2D eigenvalue weighted by Crippen LogP contribution is 2.44. The normalized spacial score (nSPS) is 24.2. The van der Waals surface area contributed by atoms with Crippen molar-refractivity contribution in [2.24, 2.45) is 5.41 Å². The molecular weight excluding hydrogens is 224 g/mol. The Hall–Kier alpha value is -1.35. The maximum absolute atomic E-state index is 12.1. The average Bonchev–Trinajstić information content (AvgIpc) is 3.14. The van der Waals surface area contributed by atoms with Gasteiger partial charge in [-0.1, -0.05) is 31.2 Å². The van der Waals surface area contributed by atoms with Crippen molar-refractivity contribution < 1.29 is 4.79 Å². The molecule has 18 heavy (non-hydrogen) atoms. The molecule has 2 N–H and O–H groups in total.